The molecule has 0 fully saturated rings. The number of hydrogen-bond acceptors (Lipinski definition) is 2. The Hall–Kier alpha value is -0.810. The Morgan fingerprint density at radius 2 is 2.12 bits per heavy atom. The molecule has 2 heteroatoms. The first-order valence-corrected chi connectivity index (χ1v) is 2.27. The molecule has 0 saturated carbocycles. The zero-order valence-electron chi connectivity index (χ0n) is 5.06. The second kappa shape index (κ2) is 4.35. The van der Waals surface area contributed by atoms with Crippen LogP contribution in [0.2, 0.25) is 0 Å². The number of hydrogen-bond donors (Lipinski definition) is 0. The van der Waals surface area contributed by atoms with Crippen LogP contribution in [0, 0.1) is 11.8 Å². The first-order chi connectivity index (χ1) is 3.77. The van der Waals surface area contributed by atoms with E-state index in [1.807, 2.05) is 19.0 Å². The molecule has 0 bridgehead atoms. The van der Waals surface area contributed by atoms with Crippen molar-refractivity contribution < 1.29 is 4.79 Å². The van der Waals surface area contributed by atoms with E-state index in [-0.39, 0.29) is 0 Å². The average molecular weight is 110 g/mol. The van der Waals surface area contributed by atoms with Gasteiger partial charge >= 0.3 is 0 Å². The van der Waals surface area contributed by atoms with E-state index in [1.165, 1.54) is 6.29 Å². The lowest BCUT2D eigenvalue weighted by atomic mass is 10.5. The summed E-state index contributed by atoms with van der Waals surface area (Å²) in [5.41, 5.74) is 0. The van der Waals surface area contributed by atoms with E-state index in [0.717, 1.165) is 0 Å². The number of carbonyl (C=O) groups excluding carboxylic acids is 1. The van der Waals surface area contributed by atoms with Crippen LogP contribution in [0.15, 0.2) is 0 Å². The molecule has 0 heterocycles. The standard InChI is InChI=1S/C6H8NO/c1-7(2)5-3-4-6-8/h5H2,1-2H3. The van der Waals surface area contributed by atoms with Crippen molar-refractivity contribution in [3.05, 3.63) is 0 Å². The minimum atomic E-state index is 0.620. The fourth-order valence-corrected chi connectivity index (χ4v) is 0.234. The van der Waals surface area contributed by atoms with Crippen LogP contribution in [-0.2, 0) is 4.79 Å². The van der Waals surface area contributed by atoms with Gasteiger partial charge in [-0.2, -0.15) is 0 Å². The highest BCUT2D eigenvalue weighted by atomic mass is 16.1. The van der Waals surface area contributed by atoms with Gasteiger partial charge in [-0.3, -0.25) is 9.69 Å². The fraction of sp³-hybridized carbons (Fsp3) is 0.500. The lowest BCUT2D eigenvalue weighted by Crippen LogP contribution is -2.10. The molecule has 0 aromatic heterocycles. The molecule has 0 aromatic rings. The Morgan fingerprint density at radius 1 is 1.50 bits per heavy atom. The summed E-state index contributed by atoms with van der Waals surface area (Å²) in [7, 11) is 3.78. The van der Waals surface area contributed by atoms with Crippen LogP contribution in [0.5, 0.6) is 0 Å². The Morgan fingerprint density at radius 3 is 2.50 bits per heavy atom. The molecule has 0 spiro atoms. The van der Waals surface area contributed by atoms with E-state index in [9.17, 15) is 4.79 Å². The fourth-order valence-electron chi connectivity index (χ4n) is 0.234. The lowest BCUT2D eigenvalue weighted by molar-refractivity contribution is 0.464. The summed E-state index contributed by atoms with van der Waals surface area (Å²) in [5.74, 6) is 4.77. The Balaban J connectivity index is 3.28. The van der Waals surface area contributed by atoms with E-state index < -0.39 is 0 Å². The molecule has 0 aliphatic rings. The Kier molecular flexibility index (Phi) is 3.91. The maximum Gasteiger partial charge on any atom is 0.284 e. The molecule has 0 unspecified atom stereocenters. The van der Waals surface area contributed by atoms with Crippen molar-refractivity contribution in [2.75, 3.05) is 20.6 Å². The first-order valence-electron chi connectivity index (χ1n) is 2.27. The summed E-state index contributed by atoms with van der Waals surface area (Å²) in [6, 6.07) is 0. The summed E-state index contributed by atoms with van der Waals surface area (Å²) in [6.45, 7) is 0.620. The monoisotopic (exact) mass is 110 g/mol. The summed E-state index contributed by atoms with van der Waals surface area (Å²) < 4.78 is 0. The predicted octanol–water partition coefficient (Wildman–Crippen LogP) is -0.339. The number of nitrogens with zero attached hydrogens (tertiary/aromatic N) is 1. The van der Waals surface area contributed by atoms with Crippen LogP contribution in [0.4, 0.5) is 0 Å². The largest absolute Gasteiger partial charge is 0.299 e. The van der Waals surface area contributed by atoms with Crippen molar-refractivity contribution in [1.29, 1.82) is 0 Å². The highest BCUT2D eigenvalue weighted by molar-refractivity contribution is 5.73. The minimum absolute atomic E-state index is 0.620. The van der Waals surface area contributed by atoms with Gasteiger partial charge in [-0.15, -0.1) is 0 Å². The zero-order chi connectivity index (χ0) is 6.41. The topological polar surface area (TPSA) is 20.3 Å². The van der Waals surface area contributed by atoms with Crippen LogP contribution in [0.25, 0.3) is 0 Å². The molecule has 0 N–H and O–H groups in total. The van der Waals surface area contributed by atoms with Gasteiger partial charge in [-0.25, -0.2) is 0 Å². The van der Waals surface area contributed by atoms with Gasteiger partial charge in [0.05, 0.1) is 6.54 Å². The summed E-state index contributed by atoms with van der Waals surface area (Å²) in [5, 5.41) is 0. The zero-order valence-corrected chi connectivity index (χ0v) is 5.06. The highest BCUT2D eigenvalue weighted by Gasteiger charge is 1.78. The van der Waals surface area contributed by atoms with E-state index in [1.54, 1.807) is 0 Å². The molecule has 0 amide bonds. The lowest BCUT2D eigenvalue weighted by Gasteiger charge is -1.99. The van der Waals surface area contributed by atoms with Crippen LogP contribution in [-0.4, -0.2) is 31.8 Å². The Labute approximate surface area is 49.5 Å². The van der Waals surface area contributed by atoms with Gasteiger partial charge in [0.1, 0.15) is 0 Å². The average Bonchev–Trinajstić information content (AvgIpc) is 1.66. The maximum absolute atomic E-state index is 9.47. The molecule has 0 aliphatic heterocycles. The molecular formula is C6H8NO. The van der Waals surface area contributed by atoms with Gasteiger partial charge in [0.15, 0.2) is 0 Å². The van der Waals surface area contributed by atoms with Crippen molar-refractivity contribution in [3.8, 4) is 11.8 Å². The van der Waals surface area contributed by atoms with E-state index in [4.69, 9.17) is 0 Å². The van der Waals surface area contributed by atoms with Crippen molar-refractivity contribution in [1.82, 2.24) is 4.90 Å². The van der Waals surface area contributed by atoms with Crippen LogP contribution in [0.1, 0.15) is 0 Å². The van der Waals surface area contributed by atoms with Gasteiger partial charge in [0.25, 0.3) is 6.29 Å². The molecule has 0 aromatic carbocycles. The predicted molar refractivity (Wildman–Crippen MR) is 32.0 cm³/mol. The van der Waals surface area contributed by atoms with Gasteiger partial charge < -0.3 is 0 Å². The third-order valence-corrected chi connectivity index (χ3v) is 0.535. The smallest absolute Gasteiger partial charge is 0.284 e. The summed E-state index contributed by atoms with van der Waals surface area (Å²) in [6.07, 6.45) is 1.49. The van der Waals surface area contributed by atoms with Gasteiger partial charge in [0.2, 0.25) is 0 Å². The van der Waals surface area contributed by atoms with Crippen molar-refractivity contribution in [3.63, 3.8) is 0 Å². The van der Waals surface area contributed by atoms with Gasteiger partial charge in [-0.1, -0.05) is 5.92 Å². The van der Waals surface area contributed by atoms with Crippen molar-refractivity contribution in [2.24, 2.45) is 0 Å². The summed E-state index contributed by atoms with van der Waals surface area (Å²) >= 11 is 0. The second-order valence-electron chi connectivity index (χ2n) is 1.64. The molecule has 43 valence electrons. The third kappa shape index (κ3) is 5.19. The maximum atomic E-state index is 9.47. The molecule has 8 heavy (non-hydrogen) atoms. The summed E-state index contributed by atoms with van der Waals surface area (Å²) in [4.78, 5) is 11.3. The first kappa shape index (κ1) is 7.19. The van der Waals surface area contributed by atoms with E-state index in [0.29, 0.717) is 6.54 Å². The second-order valence-corrected chi connectivity index (χ2v) is 1.64. The molecule has 2 nitrogen and oxygen atoms in total. The molecule has 1 radical (unpaired) electrons. The minimum Gasteiger partial charge on any atom is -0.299 e. The quantitative estimate of drug-likeness (QED) is 0.430. The van der Waals surface area contributed by atoms with Crippen LogP contribution < -0.4 is 0 Å². The van der Waals surface area contributed by atoms with E-state index in [2.05, 4.69) is 11.8 Å². The van der Waals surface area contributed by atoms with Gasteiger partial charge in [0, 0.05) is 0 Å². The molecular weight excluding hydrogens is 102 g/mol. The molecule has 0 aliphatic carbocycles. The Bertz CT molecular complexity index is 118. The third-order valence-electron chi connectivity index (χ3n) is 0.535. The van der Waals surface area contributed by atoms with Crippen LogP contribution >= 0.6 is 0 Å². The molecule has 0 saturated heterocycles. The van der Waals surface area contributed by atoms with Gasteiger partial charge in [-0.05, 0) is 20.0 Å². The van der Waals surface area contributed by atoms with Crippen molar-refractivity contribution >= 4 is 6.29 Å². The number of rotatable bonds is 1. The highest BCUT2D eigenvalue weighted by Crippen LogP contribution is 1.66. The molecule has 0 rings (SSSR count). The normalized spacial score (nSPS) is 7.88. The SMILES string of the molecule is CN(C)CC#C[C]=O. The van der Waals surface area contributed by atoms with E-state index >= 15 is 0 Å². The molecule has 0 atom stereocenters. The van der Waals surface area contributed by atoms with Crippen molar-refractivity contribution in [2.45, 2.75) is 0 Å². The van der Waals surface area contributed by atoms with Crippen LogP contribution in [0.3, 0.4) is 0 Å².